The van der Waals surface area contributed by atoms with Crippen LogP contribution in [0.2, 0.25) is 0 Å². The van der Waals surface area contributed by atoms with E-state index in [4.69, 9.17) is 19.3 Å². The van der Waals surface area contributed by atoms with Gasteiger partial charge in [0.2, 0.25) is 10.0 Å². The Bertz CT molecular complexity index is 974. The topological polar surface area (TPSA) is 134 Å². The van der Waals surface area contributed by atoms with Gasteiger partial charge in [-0.15, -0.1) is 0 Å². The van der Waals surface area contributed by atoms with Crippen LogP contribution in [-0.4, -0.2) is 41.1 Å². The van der Waals surface area contributed by atoms with Crippen LogP contribution in [0.5, 0.6) is 11.5 Å². The fourth-order valence-electron chi connectivity index (χ4n) is 2.27. The van der Waals surface area contributed by atoms with Crippen molar-refractivity contribution in [1.82, 2.24) is 5.32 Å². The maximum absolute atomic E-state index is 12.1. The van der Waals surface area contributed by atoms with E-state index in [1.165, 1.54) is 26.4 Å². The summed E-state index contributed by atoms with van der Waals surface area (Å²) in [6.07, 6.45) is 0. The molecule has 0 aliphatic carbocycles. The molecule has 0 atom stereocenters. The highest BCUT2D eigenvalue weighted by molar-refractivity contribution is 7.89. The lowest BCUT2D eigenvalue weighted by Gasteiger charge is -2.10. The number of sulfonamides is 1. The zero-order chi connectivity index (χ0) is 20.7. The number of nitrogens with one attached hydrogen (secondary N) is 1. The van der Waals surface area contributed by atoms with Crippen molar-refractivity contribution in [3.63, 3.8) is 0 Å². The summed E-state index contributed by atoms with van der Waals surface area (Å²) in [6, 6.07) is 10.7. The molecule has 0 saturated carbocycles. The Morgan fingerprint density at radius 2 is 1.82 bits per heavy atom. The molecule has 9 nitrogen and oxygen atoms in total. The summed E-state index contributed by atoms with van der Waals surface area (Å²) in [4.78, 5) is 23.6. The molecule has 2 aromatic rings. The van der Waals surface area contributed by atoms with Gasteiger partial charge in [-0.1, -0.05) is 12.1 Å². The van der Waals surface area contributed by atoms with Crippen molar-refractivity contribution in [2.24, 2.45) is 5.14 Å². The standard InChI is InChI=1S/C18H20N2O7S/c1-25-14-5-3-4-12(8-14)10-20-17(21)11-27-18(22)13-6-7-15(26-2)16(9-13)28(19,23)24/h3-9H,10-11H2,1-2H3,(H,20,21)(H2,19,23,24). The molecule has 28 heavy (non-hydrogen) atoms. The minimum Gasteiger partial charge on any atom is -0.497 e. The van der Waals surface area contributed by atoms with Gasteiger partial charge in [0.25, 0.3) is 5.91 Å². The lowest BCUT2D eigenvalue weighted by molar-refractivity contribution is -0.124. The van der Waals surface area contributed by atoms with Crippen LogP contribution in [0, 0.1) is 0 Å². The zero-order valence-electron chi connectivity index (χ0n) is 15.3. The number of carbonyl (C=O) groups excluding carboxylic acids is 2. The minimum atomic E-state index is -4.10. The largest absolute Gasteiger partial charge is 0.497 e. The summed E-state index contributed by atoms with van der Waals surface area (Å²) >= 11 is 0. The summed E-state index contributed by atoms with van der Waals surface area (Å²) in [5.74, 6) is -0.737. The predicted octanol–water partition coefficient (Wildman–Crippen LogP) is 0.824. The quantitative estimate of drug-likeness (QED) is 0.618. The van der Waals surface area contributed by atoms with Gasteiger partial charge >= 0.3 is 5.97 Å². The molecular weight excluding hydrogens is 388 g/mol. The second kappa shape index (κ2) is 9.20. The first-order valence-electron chi connectivity index (χ1n) is 8.02. The lowest BCUT2D eigenvalue weighted by Crippen LogP contribution is -2.28. The summed E-state index contributed by atoms with van der Waals surface area (Å²) in [5.41, 5.74) is 0.734. The first kappa shape index (κ1) is 21.2. The molecule has 0 unspecified atom stereocenters. The SMILES string of the molecule is COc1cccc(CNC(=O)COC(=O)c2ccc(OC)c(S(N)(=O)=O)c2)c1. The number of esters is 1. The minimum absolute atomic E-state index is 0.00455. The van der Waals surface area contributed by atoms with E-state index in [9.17, 15) is 18.0 Å². The van der Waals surface area contributed by atoms with Crippen LogP contribution in [0.1, 0.15) is 15.9 Å². The molecule has 0 bridgehead atoms. The average molecular weight is 408 g/mol. The number of nitrogens with two attached hydrogens (primary N) is 1. The Kier molecular flexibility index (Phi) is 6.96. The van der Waals surface area contributed by atoms with Gasteiger partial charge in [0.15, 0.2) is 6.61 Å². The van der Waals surface area contributed by atoms with E-state index >= 15 is 0 Å². The van der Waals surface area contributed by atoms with E-state index in [1.54, 1.807) is 24.3 Å². The van der Waals surface area contributed by atoms with Crippen molar-refractivity contribution < 1.29 is 32.2 Å². The lowest BCUT2D eigenvalue weighted by atomic mass is 10.2. The van der Waals surface area contributed by atoms with E-state index in [0.717, 1.165) is 11.6 Å². The Morgan fingerprint density at radius 1 is 1.07 bits per heavy atom. The highest BCUT2D eigenvalue weighted by Gasteiger charge is 2.19. The van der Waals surface area contributed by atoms with Gasteiger partial charge in [-0.3, -0.25) is 4.79 Å². The molecule has 0 spiro atoms. The van der Waals surface area contributed by atoms with Gasteiger partial charge in [0.05, 0.1) is 19.8 Å². The monoisotopic (exact) mass is 408 g/mol. The summed E-state index contributed by atoms with van der Waals surface area (Å²) in [5, 5.41) is 7.71. The molecule has 3 N–H and O–H groups in total. The Morgan fingerprint density at radius 3 is 2.46 bits per heavy atom. The summed E-state index contributed by atoms with van der Waals surface area (Å²) in [7, 11) is -1.29. The number of hydrogen-bond donors (Lipinski definition) is 2. The van der Waals surface area contributed by atoms with E-state index in [1.807, 2.05) is 0 Å². The van der Waals surface area contributed by atoms with E-state index in [2.05, 4.69) is 5.32 Å². The first-order chi connectivity index (χ1) is 13.2. The molecule has 0 fully saturated rings. The van der Waals surface area contributed by atoms with Crippen LogP contribution in [0.25, 0.3) is 0 Å². The Balaban J connectivity index is 1.95. The number of amides is 1. The number of benzene rings is 2. The van der Waals surface area contributed by atoms with Gasteiger partial charge in [0, 0.05) is 6.54 Å². The molecule has 0 saturated heterocycles. The molecule has 0 aliphatic heterocycles. The van der Waals surface area contributed by atoms with Crippen LogP contribution < -0.4 is 19.9 Å². The van der Waals surface area contributed by atoms with Crippen LogP contribution in [0.4, 0.5) is 0 Å². The van der Waals surface area contributed by atoms with Crippen LogP contribution in [0.3, 0.4) is 0 Å². The molecule has 2 rings (SSSR count). The Hall–Kier alpha value is -3.11. The third kappa shape index (κ3) is 5.69. The fourth-order valence-corrected chi connectivity index (χ4v) is 3.00. The number of primary sulfonamides is 1. The second-order valence-corrected chi connectivity index (χ2v) is 7.14. The third-order valence-electron chi connectivity index (χ3n) is 3.66. The Labute approximate surface area is 162 Å². The zero-order valence-corrected chi connectivity index (χ0v) is 16.1. The predicted molar refractivity (Wildman–Crippen MR) is 99.5 cm³/mol. The van der Waals surface area contributed by atoms with Crippen molar-refractivity contribution in [2.75, 3.05) is 20.8 Å². The van der Waals surface area contributed by atoms with E-state index in [0.29, 0.717) is 5.75 Å². The molecule has 0 aromatic heterocycles. The molecular formula is C18H20N2O7S. The smallest absolute Gasteiger partial charge is 0.338 e. The average Bonchev–Trinajstić information content (AvgIpc) is 2.69. The van der Waals surface area contributed by atoms with Gasteiger partial charge in [-0.05, 0) is 35.9 Å². The van der Waals surface area contributed by atoms with Crippen molar-refractivity contribution >= 4 is 21.9 Å². The number of methoxy groups -OCH3 is 2. The normalized spacial score (nSPS) is 10.8. The maximum Gasteiger partial charge on any atom is 0.338 e. The van der Waals surface area contributed by atoms with Gasteiger partial charge in [-0.25, -0.2) is 18.4 Å². The number of hydrogen-bond acceptors (Lipinski definition) is 7. The van der Waals surface area contributed by atoms with Crippen LogP contribution in [-0.2, 0) is 26.1 Å². The molecule has 0 radical (unpaired) electrons. The first-order valence-corrected chi connectivity index (χ1v) is 9.57. The maximum atomic E-state index is 12.1. The van der Waals surface area contributed by atoms with E-state index < -0.39 is 28.5 Å². The van der Waals surface area contributed by atoms with Crippen LogP contribution in [0.15, 0.2) is 47.4 Å². The van der Waals surface area contributed by atoms with Crippen molar-refractivity contribution in [3.8, 4) is 11.5 Å². The highest BCUT2D eigenvalue weighted by atomic mass is 32.2. The fraction of sp³-hybridized carbons (Fsp3) is 0.222. The summed E-state index contributed by atoms with van der Waals surface area (Å²) < 4.78 is 38.1. The number of ether oxygens (including phenoxy) is 3. The third-order valence-corrected chi connectivity index (χ3v) is 4.60. The molecule has 1 amide bonds. The molecule has 150 valence electrons. The van der Waals surface area contributed by atoms with Crippen molar-refractivity contribution in [3.05, 3.63) is 53.6 Å². The molecule has 0 aliphatic rings. The highest BCUT2D eigenvalue weighted by Crippen LogP contribution is 2.24. The van der Waals surface area contributed by atoms with Gasteiger partial charge in [0.1, 0.15) is 16.4 Å². The van der Waals surface area contributed by atoms with Crippen LogP contribution >= 0.6 is 0 Å². The second-order valence-electron chi connectivity index (χ2n) is 5.62. The molecule has 10 heteroatoms. The van der Waals surface area contributed by atoms with Gasteiger partial charge < -0.3 is 19.5 Å². The number of carbonyl (C=O) groups is 2. The number of rotatable bonds is 8. The summed E-state index contributed by atoms with van der Waals surface area (Å²) in [6.45, 7) is -0.300. The van der Waals surface area contributed by atoms with Crippen molar-refractivity contribution in [2.45, 2.75) is 11.4 Å². The molecule has 2 aromatic carbocycles. The van der Waals surface area contributed by atoms with Gasteiger partial charge in [-0.2, -0.15) is 0 Å². The van der Waals surface area contributed by atoms with Crippen molar-refractivity contribution in [1.29, 1.82) is 0 Å². The molecule has 0 heterocycles. The van der Waals surface area contributed by atoms with E-state index in [-0.39, 0.29) is 22.8 Å².